The Morgan fingerprint density at radius 3 is 2.79 bits per heavy atom. The average Bonchev–Trinajstić information content (AvgIpc) is 2.72. The zero-order chi connectivity index (χ0) is 9.80. The summed E-state index contributed by atoms with van der Waals surface area (Å²) in [6.45, 7) is 0.796. The summed E-state index contributed by atoms with van der Waals surface area (Å²) in [6.07, 6.45) is -0.0235. The molecule has 1 aliphatic rings. The van der Waals surface area contributed by atoms with Crippen LogP contribution in [0.3, 0.4) is 0 Å². The van der Waals surface area contributed by atoms with Gasteiger partial charge in [-0.15, -0.1) is 0 Å². The Balaban J connectivity index is 1.90. The molecule has 1 aromatic rings. The lowest BCUT2D eigenvalue weighted by molar-refractivity contribution is -0.00927. The average molecular weight is 194 g/mol. The summed E-state index contributed by atoms with van der Waals surface area (Å²) >= 11 is 0. The molecule has 0 aromatic heterocycles. The van der Waals surface area contributed by atoms with Crippen LogP contribution in [0.5, 0.6) is 0 Å². The van der Waals surface area contributed by atoms with E-state index in [4.69, 9.17) is 9.47 Å². The molecule has 0 saturated carbocycles. The summed E-state index contributed by atoms with van der Waals surface area (Å²) in [5, 5.41) is 9.80. The highest BCUT2D eigenvalue weighted by atomic mass is 16.7. The monoisotopic (exact) mass is 194 g/mol. The summed E-state index contributed by atoms with van der Waals surface area (Å²) in [5.41, 5.74) is 1.12. The van der Waals surface area contributed by atoms with Gasteiger partial charge in [0.1, 0.15) is 12.9 Å². The van der Waals surface area contributed by atoms with Crippen LogP contribution in [0.15, 0.2) is 30.3 Å². The Labute approximate surface area is 83.3 Å². The van der Waals surface area contributed by atoms with Crippen LogP contribution in [0.25, 0.3) is 0 Å². The molecule has 76 valence electrons. The van der Waals surface area contributed by atoms with E-state index in [2.05, 4.69) is 0 Å². The Bertz CT molecular complexity index is 267. The van der Waals surface area contributed by atoms with Crippen LogP contribution in [0, 0.1) is 0 Å². The Kier molecular flexibility index (Phi) is 3.14. The predicted molar refractivity (Wildman–Crippen MR) is 51.8 cm³/mol. The van der Waals surface area contributed by atoms with Gasteiger partial charge in [-0.1, -0.05) is 30.3 Å². The molecule has 0 bridgehead atoms. The Morgan fingerprint density at radius 2 is 2.14 bits per heavy atom. The minimum atomic E-state index is -0.472. The molecule has 0 spiro atoms. The molecule has 2 atom stereocenters. The number of hydrogen-bond acceptors (Lipinski definition) is 3. The van der Waals surface area contributed by atoms with E-state index in [1.165, 1.54) is 0 Å². The Morgan fingerprint density at radius 1 is 1.36 bits per heavy atom. The lowest BCUT2D eigenvalue weighted by Gasteiger charge is -2.15. The third kappa shape index (κ3) is 2.32. The molecule has 0 amide bonds. The fourth-order valence-corrected chi connectivity index (χ4v) is 1.56. The van der Waals surface area contributed by atoms with Crippen molar-refractivity contribution in [2.75, 3.05) is 13.4 Å². The van der Waals surface area contributed by atoms with Crippen LogP contribution in [0.2, 0.25) is 0 Å². The topological polar surface area (TPSA) is 38.7 Å². The van der Waals surface area contributed by atoms with Gasteiger partial charge in [-0.2, -0.15) is 0 Å². The van der Waals surface area contributed by atoms with Crippen LogP contribution in [0.1, 0.15) is 5.56 Å². The highest BCUT2D eigenvalue weighted by molar-refractivity contribution is 5.15. The Hall–Kier alpha value is -0.900. The second-order valence-electron chi connectivity index (χ2n) is 3.45. The second-order valence-corrected chi connectivity index (χ2v) is 3.45. The third-order valence-corrected chi connectivity index (χ3v) is 2.36. The van der Waals surface area contributed by atoms with Crippen LogP contribution in [0.4, 0.5) is 0 Å². The molecule has 2 rings (SSSR count). The number of aliphatic hydroxyl groups excluding tert-OH is 1. The quantitative estimate of drug-likeness (QED) is 0.779. The summed E-state index contributed by atoms with van der Waals surface area (Å²) in [4.78, 5) is 0. The van der Waals surface area contributed by atoms with Gasteiger partial charge in [0.15, 0.2) is 0 Å². The van der Waals surface area contributed by atoms with Gasteiger partial charge in [-0.25, -0.2) is 0 Å². The fraction of sp³-hybridized carbons (Fsp3) is 0.455. The number of benzene rings is 1. The van der Waals surface area contributed by atoms with Crippen LogP contribution in [-0.4, -0.2) is 30.7 Å². The predicted octanol–water partition coefficient (Wildman–Crippen LogP) is 0.963. The molecule has 14 heavy (non-hydrogen) atoms. The first kappa shape index (κ1) is 9.65. The van der Waals surface area contributed by atoms with Crippen LogP contribution >= 0.6 is 0 Å². The van der Waals surface area contributed by atoms with Crippen LogP contribution in [-0.2, 0) is 15.9 Å². The molecule has 1 heterocycles. The highest BCUT2D eigenvalue weighted by Gasteiger charge is 2.24. The van der Waals surface area contributed by atoms with Gasteiger partial charge < -0.3 is 14.6 Å². The third-order valence-electron chi connectivity index (χ3n) is 2.36. The van der Waals surface area contributed by atoms with E-state index in [0.717, 1.165) is 5.56 Å². The second kappa shape index (κ2) is 4.55. The normalized spacial score (nSPS) is 23.6. The first-order chi connectivity index (χ1) is 6.86. The zero-order valence-electron chi connectivity index (χ0n) is 7.93. The summed E-state index contributed by atoms with van der Waals surface area (Å²) in [7, 11) is 0. The smallest absolute Gasteiger partial charge is 0.147 e. The molecular weight excluding hydrogens is 180 g/mol. The van der Waals surface area contributed by atoms with Crippen molar-refractivity contribution in [3.05, 3.63) is 35.9 Å². The standard InChI is InChI=1S/C11H14O3/c12-10(11-7-13-8-14-11)6-9-4-2-1-3-5-9/h1-5,10-12H,6-8H2. The lowest BCUT2D eigenvalue weighted by atomic mass is 10.0. The molecule has 1 N–H and O–H groups in total. The van der Waals surface area contributed by atoms with E-state index in [1.807, 2.05) is 30.3 Å². The molecule has 0 aliphatic carbocycles. The van der Waals surface area contributed by atoms with Crippen LogP contribution < -0.4 is 0 Å². The van der Waals surface area contributed by atoms with Gasteiger partial charge in [0, 0.05) is 6.42 Å². The van der Waals surface area contributed by atoms with E-state index in [9.17, 15) is 5.11 Å². The molecule has 3 nitrogen and oxygen atoms in total. The van der Waals surface area contributed by atoms with Crippen molar-refractivity contribution in [3.8, 4) is 0 Å². The van der Waals surface area contributed by atoms with Crippen molar-refractivity contribution in [1.29, 1.82) is 0 Å². The maximum atomic E-state index is 9.80. The maximum absolute atomic E-state index is 9.80. The number of aliphatic hydroxyl groups is 1. The number of ether oxygens (including phenoxy) is 2. The molecule has 1 aromatic carbocycles. The summed E-state index contributed by atoms with van der Waals surface area (Å²) in [5.74, 6) is 0. The van der Waals surface area contributed by atoms with Crippen molar-refractivity contribution < 1.29 is 14.6 Å². The van der Waals surface area contributed by atoms with E-state index >= 15 is 0 Å². The van der Waals surface area contributed by atoms with E-state index < -0.39 is 6.10 Å². The van der Waals surface area contributed by atoms with Crippen molar-refractivity contribution in [3.63, 3.8) is 0 Å². The SMILES string of the molecule is OC(Cc1ccccc1)C1COCO1. The van der Waals surface area contributed by atoms with E-state index in [-0.39, 0.29) is 6.10 Å². The van der Waals surface area contributed by atoms with Gasteiger partial charge in [0.2, 0.25) is 0 Å². The lowest BCUT2D eigenvalue weighted by Crippen LogP contribution is -2.29. The van der Waals surface area contributed by atoms with Crippen molar-refractivity contribution >= 4 is 0 Å². The van der Waals surface area contributed by atoms with Gasteiger partial charge in [0.05, 0.1) is 12.7 Å². The van der Waals surface area contributed by atoms with E-state index in [1.54, 1.807) is 0 Å². The first-order valence-corrected chi connectivity index (χ1v) is 4.77. The molecule has 1 aliphatic heterocycles. The fourth-order valence-electron chi connectivity index (χ4n) is 1.56. The molecule has 1 fully saturated rings. The molecule has 0 radical (unpaired) electrons. The highest BCUT2D eigenvalue weighted by Crippen LogP contribution is 2.12. The minimum Gasteiger partial charge on any atom is -0.390 e. The number of hydrogen-bond donors (Lipinski definition) is 1. The minimum absolute atomic E-state index is 0.171. The van der Waals surface area contributed by atoms with Gasteiger partial charge in [-0.3, -0.25) is 0 Å². The number of rotatable bonds is 3. The maximum Gasteiger partial charge on any atom is 0.147 e. The van der Waals surface area contributed by atoms with Crippen molar-refractivity contribution in [2.24, 2.45) is 0 Å². The van der Waals surface area contributed by atoms with Gasteiger partial charge >= 0.3 is 0 Å². The molecule has 3 heteroatoms. The summed E-state index contributed by atoms with van der Waals surface area (Å²) < 4.78 is 10.2. The molecule has 1 saturated heterocycles. The van der Waals surface area contributed by atoms with Crippen molar-refractivity contribution in [2.45, 2.75) is 18.6 Å². The molecular formula is C11H14O3. The zero-order valence-corrected chi connectivity index (χ0v) is 7.93. The first-order valence-electron chi connectivity index (χ1n) is 4.77. The largest absolute Gasteiger partial charge is 0.390 e. The molecule has 2 unspecified atom stereocenters. The van der Waals surface area contributed by atoms with Gasteiger partial charge in [-0.05, 0) is 5.56 Å². The van der Waals surface area contributed by atoms with Crippen molar-refractivity contribution in [1.82, 2.24) is 0 Å². The van der Waals surface area contributed by atoms with Gasteiger partial charge in [0.25, 0.3) is 0 Å². The summed E-state index contributed by atoms with van der Waals surface area (Å²) in [6, 6.07) is 9.89. The van der Waals surface area contributed by atoms with E-state index in [0.29, 0.717) is 19.8 Å².